The second kappa shape index (κ2) is 9.68. The summed E-state index contributed by atoms with van der Waals surface area (Å²) in [5.41, 5.74) is -0.316. The Labute approximate surface area is 195 Å². The normalized spacial score (nSPS) is 12.2. The second-order valence-corrected chi connectivity index (χ2v) is 8.47. The summed E-state index contributed by atoms with van der Waals surface area (Å²) in [7, 11) is 0. The summed E-state index contributed by atoms with van der Waals surface area (Å²) in [6, 6.07) is 10.6. The quantitative estimate of drug-likeness (QED) is 0.413. The molecule has 168 valence electrons. The maximum Gasteiger partial charge on any atom is 0.332 e. The molecule has 0 unspecified atom stereocenters. The Morgan fingerprint density at radius 1 is 1.16 bits per heavy atom. The fraction of sp³-hybridized carbons (Fsp3) is 0.227. The van der Waals surface area contributed by atoms with Gasteiger partial charge in [-0.15, -0.1) is 0 Å². The second-order valence-electron chi connectivity index (χ2n) is 7.62. The molecule has 0 aliphatic heterocycles. The van der Waals surface area contributed by atoms with Crippen molar-refractivity contribution in [3.05, 3.63) is 70.6 Å². The van der Waals surface area contributed by atoms with Crippen LogP contribution in [0.1, 0.15) is 20.8 Å². The van der Waals surface area contributed by atoms with Crippen molar-refractivity contribution in [3.63, 3.8) is 0 Å². The van der Waals surface area contributed by atoms with Crippen LogP contribution in [0.4, 0.5) is 32.3 Å². The molecule has 0 saturated carbocycles. The summed E-state index contributed by atoms with van der Waals surface area (Å²) in [6.07, 6.45) is 1.47. The van der Waals surface area contributed by atoms with Crippen molar-refractivity contribution in [2.45, 2.75) is 32.4 Å². The van der Waals surface area contributed by atoms with Crippen molar-refractivity contribution in [2.24, 2.45) is 0 Å². The molecule has 1 atom stereocenters. The Morgan fingerprint density at radius 2 is 1.84 bits per heavy atom. The lowest BCUT2D eigenvalue weighted by atomic mass is 10.0. The number of hydrogen-bond acceptors (Lipinski definition) is 5. The molecular weight excluding hydrogens is 456 g/mol. The Hall–Kier alpha value is -2.94. The zero-order valence-corrected chi connectivity index (χ0v) is 19.1. The van der Waals surface area contributed by atoms with Crippen LogP contribution in [0.3, 0.4) is 0 Å². The molecule has 32 heavy (non-hydrogen) atoms. The number of hydrogen-bond donors (Lipinski definition) is 3. The first-order chi connectivity index (χ1) is 15.0. The highest BCUT2D eigenvalue weighted by Gasteiger charge is 2.25. The Kier molecular flexibility index (Phi) is 7.18. The zero-order valence-electron chi connectivity index (χ0n) is 17.6. The Bertz CT molecular complexity index is 1110. The number of rotatable bonds is 6. The number of nitrogens with one attached hydrogen (secondary N) is 2. The van der Waals surface area contributed by atoms with Gasteiger partial charge in [0.15, 0.2) is 0 Å². The monoisotopic (exact) mass is 477 g/mol. The molecule has 0 aliphatic rings. The summed E-state index contributed by atoms with van der Waals surface area (Å²) in [6.45, 7) is 5.09. The van der Waals surface area contributed by atoms with Gasteiger partial charge in [-0.2, -0.15) is 4.98 Å². The molecule has 10 heteroatoms. The summed E-state index contributed by atoms with van der Waals surface area (Å²) in [5, 5.41) is 16.6. The first kappa shape index (κ1) is 23.7. The molecule has 0 bridgehead atoms. The topological polar surface area (TPSA) is 90.4 Å². The molecular formula is C22H22Cl2FN5O2. The van der Waals surface area contributed by atoms with Crippen LogP contribution in [-0.4, -0.2) is 32.7 Å². The average Bonchev–Trinajstić information content (AvgIpc) is 2.71. The van der Waals surface area contributed by atoms with Crippen LogP contribution in [0, 0.1) is 5.82 Å². The molecule has 1 heterocycles. The third-order valence-corrected chi connectivity index (χ3v) is 5.28. The fourth-order valence-corrected chi connectivity index (χ4v) is 3.07. The predicted octanol–water partition coefficient (Wildman–Crippen LogP) is 5.86. The van der Waals surface area contributed by atoms with Gasteiger partial charge in [0.05, 0.1) is 28.0 Å². The van der Waals surface area contributed by atoms with Crippen LogP contribution in [0.2, 0.25) is 10.0 Å². The molecule has 1 aromatic heterocycles. The lowest BCUT2D eigenvalue weighted by Gasteiger charge is -2.27. The summed E-state index contributed by atoms with van der Waals surface area (Å²) >= 11 is 12.1. The van der Waals surface area contributed by atoms with E-state index >= 15 is 0 Å². The SMILES string of the molecule is C[C@H](Nc1nccc(N(C(=O)Nc2ccc(Cl)cc2Cl)c2ccc(F)cc2)n1)C(C)(C)O. The molecule has 7 nitrogen and oxygen atoms in total. The first-order valence-corrected chi connectivity index (χ1v) is 10.4. The summed E-state index contributed by atoms with van der Waals surface area (Å²) < 4.78 is 13.5. The molecule has 3 N–H and O–H groups in total. The third kappa shape index (κ3) is 5.85. The van der Waals surface area contributed by atoms with Crippen molar-refractivity contribution in [1.82, 2.24) is 9.97 Å². The van der Waals surface area contributed by atoms with Gasteiger partial charge in [0.2, 0.25) is 5.95 Å². The maximum atomic E-state index is 13.5. The molecule has 0 fully saturated rings. The Morgan fingerprint density at radius 3 is 2.47 bits per heavy atom. The molecule has 0 spiro atoms. The highest BCUT2D eigenvalue weighted by molar-refractivity contribution is 6.36. The van der Waals surface area contributed by atoms with Gasteiger partial charge >= 0.3 is 6.03 Å². The number of amides is 2. The van der Waals surface area contributed by atoms with Crippen molar-refractivity contribution in [3.8, 4) is 0 Å². The van der Waals surface area contributed by atoms with E-state index in [2.05, 4.69) is 20.6 Å². The van der Waals surface area contributed by atoms with Gasteiger partial charge in [-0.25, -0.2) is 19.1 Å². The average molecular weight is 478 g/mol. The molecule has 3 rings (SSSR count). The summed E-state index contributed by atoms with van der Waals surface area (Å²) in [5.74, 6) is -0.0138. The number of halogens is 3. The Balaban J connectivity index is 1.97. The van der Waals surface area contributed by atoms with E-state index in [1.165, 1.54) is 47.5 Å². The largest absolute Gasteiger partial charge is 0.388 e. The van der Waals surface area contributed by atoms with E-state index in [4.69, 9.17) is 23.2 Å². The number of aromatic nitrogens is 2. The minimum absolute atomic E-state index is 0.210. The van der Waals surface area contributed by atoms with Gasteiger partial charge in [-0.1, -0.05) is 23.2 Å². The first-order valence-electron chi connectivity index (χ1n) is 9.68. The van der Waals surface area contributed by atoms with Gasteiger partial charge in [0.1, 0.15) is 11.6 Å². The van der Waals surface area contributed by atoms with Crippen LogP contribution in [0.25, 0.3) is 0 Å². The number of urea groups is 1. The van der Waals surface area contributed by atoms with E-state index in [0.29, 0.717) is 16.4 Å². The molecule has 2 amide bonds. The number of anilines is 4. The van der Waals surface area contributed by atoms with Crippen molar-refractivity contribution >= 4 is 52.4 Å². The minimum Gasteiger partial charge on any atom is -0.388 e. The van der Waals surface area contributed by atoms with E-state index in [-0.39, 0.29) is 22.8 Å². The molecule has 3 aromatic rings. The van der Waals surface area contributed by atoms with Crippen molar-refractivity contribution in [1.29, 1.82) is 0 Å². The smallest absolute Gasteiger partial charge is 0.332 e. The fourth-order valence-electron chi connectivity index (χ4n) is 2.62. The number of benzene rings is 2. The van der Waals surface area contributed by atoms with Crippen molar-refractivity contribution < 1.29 is 14.3 Å². The minimum atomic E-state index is -1.03. The van der Waals surface area contributed by atoms with Crippen LogP contribution in [0.5, 0.6) is 0 Å². The lowest BCUT2D eigenvalue weighted by Crippen LogP contribution is -2.40. The van der Waals surface area contributed by atoms with Crippen molar-refractivity contribution in [2.75, 3.05) is 15.5 Å². The van der Waals surface area contributed by atoms with Crippen LogP contribution >= 0.6 is 23.2 Å². The highest BCUT2D eigenvalue weighted by atomic mass is 35.5. The van der Waals surface area contributed by atoms with E-state index in [1.807, 2.05) is 0 Å². The van der Waals surface area contributed by atoms with Gasteiger partial charge in [0.25, 0.3) is 0 Å². The van der Waals surface area contributed by atoms with E-state index in [9.17, 15) is 14.3 Å². The summed E-state index contributed by atoms with van der Waals surface area (Å²) in [4.78, 5) is 23.1. The van der Waals surface area contributed by atoms with Crippen LogP contribution in [-0.2, 0) is 0 Å². The third-order valence-electron chi connectivity index (χ3n) is 4.74. The van der Waals surface area contributed by atoms with Crippen LogP contribution < -0.4 is 15.5 Å². The molecule has 0 radical (unpaired) electrons. The van der Waals surface area contributed by atoms with Gasteiger partial charge in [-0.3, -0.25) is 0 Å². The van der Waals surface area contributed by atoms with Crippen LogP contribution in [0.15, 0.2) is 54.7 Å². The maximum absolute atomic E-state index is 13.5. The van der Waals surface area contributed by atoms with Gasteiger partial charge in [-0.05, 0) is 63.2 Å². The highest BCUT2D eigenvalue weighted by Crippen LogP contribution is 2.29. The molecule has 0 aliphatic carbocycles. The van der Waals surface area contributed by atoms with E-state index in [0.717, 1.165) is 0 Å². The number of aliphatic hydroxyl groups is 1. The van der Waals surface area contributed by atoms with E-state index in [1.54, 1.807) is 32.9 Å². The zero-order chi connectivity index (χ0) is 23.5. The molecule has 0 saturated heterocycles. The van der Waals surface area contributed by atoms with Gasteiger partial charge in [0, 0.05) is 17.3 Å². The number of carbonyl (C=O) groups is 1. The van der Waals surface area contributed by atoms with E-state index < -0.39 is 17.4 Å². The predicted molar refractivity (Wildman–Crippen MR) is 125 cm³/mol. The van der Waals surface area contributed by atoms with Gasteiger partial charge < -0.3 is 15.7 Å². The number of nitrogens with zero attached hydrogens (tertiary/aromatic N) is 3. The number of carbonyl (C=O) groups excluding carboxylic acids is 1. The molecule has 2 aromatic carbocycles. The lowest BCUT2D eigenvalue weighted by molar-refractivity contribution is 0.0646. The standard InChI is InChI=1S/C22H22Cl2FN5O2/c1-13(22(2,3)32)27-20-26-11-10-19(29-20)30(16-7-5-15(25)6-8-16)21(31)28-18-9-4-14(23)12-17(18)24/h4-13,32H,1-3H3,(H,28,31)(H,26,27,29)/t13-/m0/s1.